The first-order chi connectivity index (χ1) is 14.5. The highest BCUT2D eigenvalue weighted by Crippen LogP contribution is 2.31. The van der Waals surface area contributed by atoms with Crippen LogP contribution in [-0.2, 0) is 21.5 Å². The summed E-state index contributed by atoms with van der Waals surface area (Å²) in [4.78, 5) is 27.5. The maximum atomic E-state index is 13.2. The van der Waals surface area contributed by atoms with Gasteiger partial charge in [0.1, 0.15) is 11.8 Å². The molecule has 0 heterocycles. The number of amides is 2. The fourth-order valence-corrected chi connectivity index (χ4v) is 3.43. The molecule has 2 aromatic carbocycles. The third-order valence-corrected chi connectivity index (χ3v) is 5.08. The molecular formula is C26H36N2O3. The Hall–Kier alpha value is -2.82. The molecule has 5 nitrogen and oxygen atoms in total. The largest absolute Gasteiger partial charge is 0.483 e. The first-order valence-corrected chi connectivity index (χ1v) is 10.9. The van der Waals surface area contributed by atoms with Gasteiger partial charge in [-0.3, -0.25) is 9.59 Å². The lowest BCUT2D eigenvalue weighted by Gasteiger charge is -2.30. The SMILES string of the molecule is Cc1cccc(CN(C(=O)COc2ccccc2C(C)(C)C)[C@H](C)C(=O)NC(C)C)c1. The number of carbonyl (C=O) groups is 2. The molecule has 0 saturated carbocycles. The first kappa shape index (κ1) is 24.4. The van der Waals surface area contributed by atoms with Crippen molar-refractivity contribution in [2.75, 3.05) is 6.61 Å². The van der Waals surface area contributed by atoms with Crippen molar-refractivity contribution in [3.05, 3.63) is 65.2 Å². The molecule has 2 amide bonds. The van der Waals surface area contributed by atoms with E-state index >= 15 is 0 Å². The number of para-hydroxylation sites is 1. The van der Waals surface area contributed by atoms with Gasteiger partial charge in [0, 0.05) is 12.6 Å². The number of aryl methyl sites for hydroxylation is 1. The van der Waals surface area contributed by atoms with Crippen molar-refractivity contribution >= 4 is 11.8 Å². The van der Waals surface area contributed by atoms with Crippen LogP contribution in [0.1, 0.15) is 58.2 Å². The Morgan fingerprint density at radius 3 is 2.32 bits per heavy atom. The van der Waals surface area contributed by atoms with E-state index in [1.54, 1.807) is 11.8 Å². The van der Waals surface area contributed by atoms with E-state index in [-0.39, 0.29) is 29.9 Å². The van der Waals surface area contributed by atoms with Crippen molar-refractivity contribution in [2.45, 2.75) is 72.5 Å². The van der Waals surface area contributed by atoms with E-state index < -0.39 is 6.04 Å². The van der Waals surface area contributed by atoms with Crippen molar-refractivity contribution in [2.24, 2.45) is 0 Å². The van der Waals surface area contributed by atoms with E-state index in [1.807, 2.05) is 69.3 Å². The summed E-state index contributed by atoms with van der Waals surface area (Å²) in [7, 11) is 0. The van der Waals surface area contributed by atoms with Gasteiger partial charge in [0.25, 0.3) is 5.91 Å². The second kappa shape index (κ2) is 10.5. The van der Waals surface area contributed by atoms with Crippen LogP contribution in [-0.4, -0.2) is 35.4 Å². The number of hydrogen-bond acceptors (Lipinski definition) is 3. The summed E-state index contributed by atoms with van der Waals surface area (Å²) in [6.45, 7) is 14.1. The molecule has 0 saturated heterocycles. The molecular weight excluding hydrogens is 388 g/mol. The van der Waals surface area contributed by atoms with Gasteiger partial charge in [-0.05, 0) is 50.3 Å². The third kappa shape index (κ3) is 7.12. The van der Waals surface area contributed by atoms with Gasteiger partial charge in [-0.25, -0.2) is 0 Å². The highest BCUT2D eigenvalue weighted by molar-refractivity contribution is 5.88. The van der Waals surface area contributed by atoms with Crippen molar-refractivity contribution in [1.29, 1.82) is 0 Å². The van der Waals surface area contributed by atoms with Crippen molar-refractivity contribution < 1.29 is 14.3 Å². The fraction of sp³-hybridized carbons (Fsp3) is 0.462. The number of nitrogens with zero attached hydrogens (tertiary/aromatic N) is 1. The maximum absolute atomic E-state index is 13.2. The Bertz CT molecular complexity index is 900. The molecule has 1 atom stereocenters. The summed E-state index contributed by atoms with van der Waals surface area (Å²) < 4.78 is 5.96. The van der Waals surface area contributed by atoms with Gasteiger partial charge >= 0.3 is 0 Å². The van der Waals surface area contributed by atoms with E-state index in [1.165, 1.54) is 0 Å². The molecule has 0 bridgehead atoms. The Morgan fingerprint density at radius 2 is 1.71 bits per heavy atom. The number of hydrogen-bond donors (Lipinski definition) is 1. The minimum Gasteiger partial charge on any atom is -0.483 e. The zero-order valence-electron chi connectivity index (χ0n) is 19.9. The average Bonchev–Trinajstić information content (AvgIpc) is 2.68. The molecule has 1 N–H and O–H groups in total. The van der Waals surface area contributed by atoms with Crippen LogP contribution in [0.25, 0.3) is 0 Å². The maximum Gasteiger partial charge on any atom is 0.261 e. The van der Waals surface area contributed by atoms with Crippen LogP contribution in [0, 0.1) is 6.92 Å². The summed E-state index contributed by atoms with van der Waals surface area (Å²) in [5.74, 6) is 0.292. The van der Waals surface area contributed by atoms with E-state index in [4.69, 9.17) is 4.74 Å². The lowest BCUT2D eigenvalue weighted by Crippen LogP contribution is -2.50. The van der Waals surface area contributed by atoms with E-state index in [9.17, 15) is 9.59 Å². The average molecular weight is 425 g/mol. The Kier molecular flexibility index (Phi) is 8.26. The van der Waals surface area contributed by atoms with Crippen LogP contribution in [0.4, 0.5) is 0 Å². The molecule has 0 aliphatic carbocycles. The molecule has 0 unspecified atom stereocenters. The number of ether oxygens (including phenoxy) is 1. The van der Waals surface area contributed by atoms with E-state index in [2.05, 4.69) is 26.1 Å². The predicted molar refractivity (Wildman–Crippen MR) is 125 cm³/mol. The Balaban J connectivity index is 2.23. The Labute approximate surface area is 186 Å². The molecule has 2 rings (SSSR count). The minimum atomic E-state index is -0.614. The highest BCUT2D eigenvalue weighted by Gasteiger charge is 2.27. The second-order valence-corrected chi connectivity index (χ2v) is 9.38. The normalized spacial score (nSPS) is 12.4. The minimum absolute atomic E-state index is 0.000726. The second-order valence-electron chi connectivity index (χ2n) is 9.38. The molecule has 0 aromatic heterocycles. The first-order valence-electron chi connectivity index (χ1n) is 10.9. The summed E-state index contributed by atoms with van der Waals surface area (Å²) in [5.41, 5.74) is 3.02. The fourth-order valence-electron chi connectivity index (χ4n) is 3.43. The van der Waals surface area contributed by atoms with Crippen LogP contribution in [0.5, 0.6) is 5.75 Å². The standard InChI is InChI=1S/C26H36N2O3/c1-18(2)27-25(30)20(4)28(16-21-12-10-11-19(3)15-21)24(29)17-31-23-14-9-8-13-22(23)26(5,6)7/h8-15,18,20H,16-17H2,1-7H3,(H,27,30)/t20-/m1/s1. The van der Waals surface area contributed by atoms with Gasteiger partial charge < -0.3 is 15.0 Å². The van der Waals surface area contributed by atoms with Gasteiger partial charge in [-0.15, -0.1) is 0 Å². The highest BCUT2D eigenvalue weighted by atomic mass is 16.5. The topological polar surface area (TPSA) is 58.6 Å². The van der Waals surface area contributed by atoms with Gasteiger partial charge in [0.15, 0.2) is 6.61 Å². The van der Waals surface area contributed by atoms with E-state index in [0.29, 0.717) is 12.3 Å². The summed E-state index contributed by atoms with van der Waals surface area (Å²) in [5, 5.41) is 2.90. The van der Waals surface area contributed by atoms with Gasteiger partial charge in [0.05, 0.1) is 0 Å². The van der Waals surface area contributed by atoms with Crippen molar-refractivity contribution in [1.82, 2.24) is 10.2 Å². The number of nitrogens with one attached hydrogen (secondary N) is 1. The van der Waals surface area contributed by atoms with Crippen molar-refractivity contribution in [3.8, 4) is 5.75 Å². The third-order valence-electron chi connectivity index (χ3n) is 5.08. The molecule has 2 aromatic rings. The zero-order chi connectivity index (χ0) is 23.2. The summed E-state index contributed by atoms with van der Waals surface area (Å²) >= 11 is 0. The number of rotatable bonds is 8. The van der Waals surface area contributed by atoms with Crippen LogP contribution in [0.15, 0.2) is 48.5 Å². The quantitative estimate of drug-likeness (QED) is 0.673. The molecule has 0 radical (unpaired) electrons. The lowest BCUT2D eigenvalue weighted by atomic mass is 9.86. The molecule has 0 spiro atoms. The molecule has 5 heteroatoms. The smallest absolute Gasteiger partial charge is 0.261 e. The molecule has 168 valence electrons. The van der Waals surface area contributed by atoms with Gasteiger partial charge in [-0.1, -0.05) is 68.8 Å². The predicted octanol–water partition coefficient (Wildman–Crippen LogP) is 4.61. The lowest BCUT2D eigenvalue weighted by molar-refractivity contribution is -0.142. The number of benzene rings is 2. The number of carbonyl (C=O) groups excluding carboxylic acids is 2. The van der Waals surface area contributed by atoms with Crippen molar-refractivity contribution in [3.63, 3.8) is 0 Å². The van der Waals surface area contributed by atoms with Crippen LogP contribution in [0.3, 0.4) is 0 Å². The zero-order valence-corrected chi connectivity index (χ0v) is 19.9. The Morgan fingerprint density at radius 1 is 1.03 bits per heavy atom. The van der Waals surface area contributed by atoms with Crippen LogP contribution < -0.4 is 10.1 Å². The summed E-state index contributed by atoms with van der Waals surface area (Å²) in [6, 6.07) is 15.1. The monoisotopic (exact) mass is 424 g/mol. The molecule has 31 heavy (non-hydrogen) atoms. The van der Waals surface area contributed by atoms with Gasteiger partial charge in [0.2, 0.25) is 5.91 Å². The summed E-state index contributed by atoms with van der Waals surface area (Å²) in [6.07, 6.45) is 0. The van der Waals surface area contributed by atoms with E-state index in [0.717, 1.165) is 16.7 Å². The van der Waals surface area contributed by atoms with Crippen LogP contribution in [0.2, 0.25) is 0 Å². The molecule has 0 aliphatic rings. The molecule has 0 aliphatic heterocycles. The van der Waals surface area contributed by atoms with Gasteiger partial charge in [-0.2, -0.15) is 0 Å². The van der Waals surface area contributed by atoms with Crippen LogP contribution >= 0.6 is 0 Å². The molecule has 0 fully saturated rings.